The summed E-state index contributed by atoms with van der Waals surface area (Å²) in [5.41, 5.74) is 3.52. The Morgan fingerprint density at radius 1 is 1.23 bits per heavy atom. The highest BCUT2D eigenvalue weighted by molar-refractivity contribution is 5.96. The van der Waals surface area contributed by atoms with Gasteiger partial charge >= 0.3 is 0 Å². The Morgan fingerprint density at radius 2 is 2.09 bits per heavy atom. The Bertz CT molecular complexity index is 1300. The summed E-state index contributed by atoms with van der Waals surface area (Å²) >= 11 is 0. The molecule has 1 amide bonds. The van der Waals surface area contributed by atoms with E-state index < -0.39 is 11.9 Å². The molecule has 2 aromatic heterocycles. The van der Waals surface area contributed by atoms with Crippen LogP contribution in [-0.2, 0) is 11.8 Å². The molecule has 2 atom stereocenters. The van der Waals surface area contributed by atoms with Crippen LogP contribution in [0.4, 0.5) is 10.2 Å². The molecule has 0 aliphatic heterocycles. The van der Waals surface area contributed by atoms with Gasteiger partial charge in [-0.2, -0.15) is 10.4 Å². The molecule has 2 N–H and O–H groups in total. The molecule has 0 bridgehead atoms. The lowest BCUT2D eigenvalue weighted by Gasteiger charge is -2.23. The van der Waals surface area contributed by atoms with E-state index in [1.165, 1.54) is 12.1 Å². The average molecular weight is 471 g/mol. The first kappa shape index (κ1) is 24.0. The highest BCUT2D eigenvalue weighted by atomic mass is 19.1. The molecule has 178 valence electrons. The lowest BCUT2D eigenvalue weighted by molar-refractivity contribution is -0.117. The van der Waals surface area contributed by atoms with Crippen LogP contribution in [0.5, 0.6) is 0 Å². The van der Waals surface area contributed by atoms with E-state index >= 15 is 0 Å². The van der Waals surface area contributed by atoms with E-state index in [-0.39, 0.29) is 17.4 Å². The van der Waals surface area contributed by atoms with Crippen LogP contribution in [0, 0.1) is 17.1 Å². The van der Waals surface area contributed by atoms with E-state index in [1.807, 2.05) is 38.4 Å². The maximum atomic E-state index is 14.1. The fourth-order valence-corrected chi connectivity index (χ4v) is 3.96. The Labute approximate surface area is 204 Å². The van der Waals surface area contributed by atoms with E-state index in [1.54, 1.807) is 29.2 Å². The zero-order valence-electron chi connectivity index (χ0n) is 19.7. The first-order valence-electron chi connectivity index (χ1n) is 11.5. The third-order valence-corrected chi connectivity index (χ3v) is 5.98. The number of nitrogens with one attached hydrogen (secondary N) is 2. The fraction of sp³-hybridized carbons (Fsp3) is 0.259. The van der Waals surface area contributed by atoms with Crippen molar-refractivity contribution in [1.82, 2.24) is 20.1 Å². The van der Waals surface area contributed by atoms with Crippen molar-refractivity contribution < 1.29 is 9.18 Å². The van der Waals surface area contributed by atoms with Gasteiger partial charge in [-0.05, 0) is 54.2 Å². The molecule has 7 nitrogen and oxygen atoms in total. The molecular formula is C27H27FN6O. The molecule has 35 heavy (non-hydrogen) atoms. The van der Waals surface area contributed by atoms with Crippen molar-refractivity contribution in [2.45, 2.75) is 31.7 Å². The minimum Gasteiger partial charge on any atom is -0.309 e. The molecule has 3 aromatic rings. The topological polar surface area (TPSA) is 95.6 Å². The van der Waals surface area contributed by atoms with E-state index in [9.17, 15) is 9.18 Å². The van der Waals surface area contributed by atoms with Crippen molar-refractivity contribution >= 4 is 11.7 Å². The number of hydrogen-bond acceptors (Lipinski definition) is 5. The van der Waals surface area contributed by atoms with Crippen LogP contribution in [0.25, 0.3) is 11.1 Å². The molecule has 2 heterocycles. The summed E-state index contributed by atoms with van der Waals surface area (Å²) in [6.45, 7) is 2.40. The summed E-state index contributed by atoms with van der Waals surface area (Å²) in [4.78, 5) is 17.7. The van der Waals surface area contributed by atoms with Crippen molar-refractivity contribution in [1.29, 1.82) is 5.26 Å². The quantitative estimate of drug-likeness (QED) is 0.507. The number of nitrogens with zero attached hydrogens (tertiary/aromatic N) is 4. The normalized spacial score (nSPS) is 14.6. The van der Waals surface area contributed by atoms with Crippen molar-refractivity contribution in [2.75, 3.05) is 11.9 Å². The molecule has 1 aliphatic rings. The van der Waals surface area contributed by atoms with Crippen LogP contribution in [-0.4, -0.2) is 33.3 Å². The number of amides is 1. The molecule has 0 fully saturated rings. The number of hydrogen-bond donors (Lipinski definition) is 2. The number of halogens is 1. The number of carbonyl (C=O) groups is 1. The van der Waals surface area contributed by atoms with Gasteiger partial charge in [-0.1, -0.05) is 31.2 Å². The number of aryl methyl sites for hydroxylation is 1. The van der Waals surface area contributed by atoms with Crippen LogP contribution in [0.1, 0.15) is 36.8 Å². The van der Waals surface area contributed by atoms with E-state index in [0.717, 1.165) is 35.1 Å². The van der Waals surface area contributed by atoms with Crippen LogP contribution in [0.3, 0.4) is 0 Å². The van der Waals surface area contributed by atoms with Gasteiger partial charge in [0.15, 0.2) is 0 Å². The lowest BCUT2D eigenvalue weighted by atomic mass is 9.96. The summed E-state index contributed by atoms with van der Waals surface area (Å²) in [7, 11) is 1.85. The van der Waals surface area contributed by atoms with E-state index in [4.69, 9.17) is 5.26 Å². The molecule has 4 rings (SSSR count). The molecule has 8 heteroatoms. The van der Waals surface area contributed by atoms with Gasteiger partial charge in [0.25, 0.3) is 0 Å². The number of aromatic nitrogens is 3. The second-order valence-electron chi connectivity index (χ2n) is 8.60. The molecule has 0 radical (unpaired) electrons. The monoisotopic (exact) mass is 470 g/mol. The molecule has 2 unspecified atom stereocenters. The summed E-state index contributed by atoms with van der Waals surface area (Å²) in [5.74, 6) is -0.373. The van der Waals surface area contributed by atoms with Crippen molar-refractivity contribution in [3.63, 3.8) is 0 Å². The van der Waals surface area contributed by atoms with Crippen LogP contribution < -0.4 is 10.6 Å². The van der Waals surface area contributed by atoms with Gasteiger partial charge in [-0.3, -0.25) is 9.48 Å². The fourth-order valence-electron chi connectivity index (χ4n) is 3.96. The zero-order chi connectivity index (χ0) is 24.8. The second-order valence-corrected chi connectivity index (χ2v) is 8.60. The Morgan fingerprint density at radius 3 is 2.71 bits per heavy atom. The number of pyridine rings is 1. The predicted molar refractivity (Wildman–Crippen MR) is 133 cm³/mol. The maximum absolute atomic E-state index is 14.1. The van der Waals surface area contributed by atoms with Gasteiger partial charge in [0, 0.05) is 37.1 Å². The van der Waals surface area contributed by atoms with Crippen molar-refractivity contribution in [3.05, 3.63) is 89.7 Å². The molecule has 1 aliphatic carbocycles. The first-order chi connectivity index (χ1) is 16.9. The second kappa shape index (κ2) is 10.9. The Kier molecular flexibility index (Phi) is 7.48. The highest BCUT2D eigenvalue weighted by Gasteiger charge is 2.23. The third kappa shape index (κ3) is 5.89. The molecule has 0 spiro atoms. The standard InChI is InChI=1S/C27H27FN6O/c1-18(20-8-9-21(13-29)24(28)12-20)14-31-26(19-6-4-3-5-7-19)27(35)33-25-11-10-22(15-30-25)23-16-32-34(2)17-23/h4,6-12,15-18,26,31H,3,5,14H2,1-2H3,(H,30,33,35). The summed E-state index contributed by atoms with van der Waals surface area (Å²) in [6.07, 6.45) is 13.2. The van der Waals surface area contributed by atoms with Gasteiger partial charge < -0.3 is 10.6 Å². The number of rotatable bonds is 8. The zero-order valence-corrected chi connectivity index (χ0v) is 19.7. The third-order valence-electron chi connectivity index (χ3n) is 5.98. The maximum Gasteiger partial charge on any atom is 0.247 e. The van der Waals surface area contributed by atoms with Gasteiger partial charge in [-0.25, -0.2) is 9.37 Å². The summed E-state index contributed by atoms with van der Waals surface area (Å²) in [6, 6.07) is 9.53. The molecular weight excluding hydrogens is 443 g/mol. The van der Waals surface area contributed by atoms with Crippen LogP contribution in [0.15, 0.2) is 72.7 Å². The number of benzene rings is 1. The van der Waals surface area contributed by atoms with Gasteiger partial charge in [0.05, 0.1) is 11.8 Å². The smallest absolute Gasteiger partial charge is 0.247 e. The van der Waals surface area contributed by atoms with Gasteiger partial charge in [0.1, 0.15) is 23.7 Å². The largest absolute Gasteiger partial charge is 0.309 e. The average Bonchev–Trinajstić information content (AvgIpc) is 3.31. The Balaban J connectivity index is 1.46. The minimum absolute atomic E-state index is 0.0192. The number of nitriles is 1. The molecule has 1 aromatic carbocycles. The van der Waals surface area contributed by atoms with Crippen molar-refractivity contribution in [3.8, 4) is 17.2 Å². The molecule has 0 saturated carbocycles. The van der Waals surface area contributed by atoms with Crippen LogP contribution in [0.2, 0.25) is 0 Å². The molecule has 0 saturated heterocycles. The van der Waals surface area contributed by atoms with Gasteiger partial charge in [0.2, 0.25) is 5.91 Å². The lowest BCUT2D eigenvalue weighted by Crippen LogP contribution is -2.43. The predicted octanol–water partition coefficient (Wildman–Crippen LogP) is 4.47. The number of carbonyl (C=O) groups excluding carboxylic acids is 1. The van der Waals surface area contributed by atoms with E-state index in [0.29, 0.717) is 12.4 Å². The summed E-state index contributed by atoms with van der Waals surface area (Å²) < 4.78 is 15.8. The SMILES string of the molecule is CC(CNC(C(=O)Nc1ccc(-c2cnn(C)c2)cn1)C1=CCCC=C1)c1ccc(C#N)c(F)c1. The van der Waals surface area contributed by atoms with Crippen LogP contribution >= 0.6 is 0 Å². The van der Waals surface area contributed by atoms with E-state index in [2.05, 4.69) is 32.9 Å². The minimum atomic E-state index is -0.586. The van der Waals surface area contributed by atoms with Gasteiger partial charge in [-0.15, -0.1) is 0 Å². The number of allylic oxidation sites excluding steroid dienone is 2. The van der Waals surface area contributed by atoms with Crippen molar-refractivity contribution in [2.24, 2.45) is 7.05 Å². The summed E-state index contributed by atoms with van der Waals surface area (Å²) in [5, 5.41) is 19.4. The number of anilines is 1. The Hall–Kier alpha value is -4.09. The highest BCUT2D eigenvalue weighted by Crippen LogP contribution is 2.21. The first-order valence-corrected chi connectivity index (χ1v) is 11.5.